The SMILES string of the molecule is CCCCCCCCCCCCCCCCCC(=O)O.CN(C)Cc1ccccc1. The molecule has 0 radical (unpaired) electrons. The molecule has 0 saturated heterocycles. The minimum atomic E-state index is -0.653. The Bertz CT molecular complexity index is 473. The molecule has 1 aromatic carbocycles. The fourth-order valence-electron chi connectivity index (χ4n) is 3.60. The molecule has 0 heterocycles. The van der Waals surface area contributed by atoms with Crippen molar-refractivity contribution in [2.24, 2.45) is 0 Å². The maximum Gasteiger partial charge on any atom is 0.303 e. The van der Waals surface area contributed by atoms with Gasteiger partial charge in [0.2, 0.25) is 0 Å². The van der Waals surface area contributed by atoms with Crippen LogP contribution in [0.3, 0.4) is 0 Å². The summed E-state index contributed by atoms with van der Waals surface area (Å²) in [6, 6.07) is 10.5. The molecule has 0 amide bonds. The highest BCUT2D eigenvalue weighted by atomic mass is 16.4. The summed E-state index contributed by atoms with van der Waals surface area (Å²) in [5.41, 5.74) is 1.37. The van der Waals surface area contributed by atoms with Crippen molar-refractivity contribution < 1.29 is 9.90 Å². The largest absolute Gasteiger partial charge is 0.481 e. The molecular formula is C27H49NO2. The molecule has 0 spiro atoms. The van der Waals surface area contributed by atoms with Crippen molar-refractivity contribution in [3.05, 3.63) is 35.9 Å². The molecule has 0 aliphatic carbocycles. The molecule has 1 aromatic rings. The number of carbonyl (C=O) groups is 1. The predicted octanol–water partition coefficient (Wildman–Crippen LogP) is 8.08. The van der Waals surface area contributed by atoms with Gasteiger partial charge in [-0.05, 0) is 26.1 Å². The van der Waals surface area contributed by atoms with Crippen LogP contribution in [0.2, 0.25) is 0 Å². The Labute approximate surface area is 187 Å². The molecule has 0 bridgehead atoms. The van der Waals surface area contributed by atoms with Crippen LogP contribution in [-0.4, -0.2) is 30.1 Å². The van der Waals surface area contributed by atoms with E-state index in [1.807, 2.05) is 6.07 Å². The first-order valence-electron chi connectivity index (χ1n) is 12.5. The molecule has 0 aliphatic heterocycles. The summed E-state index contributed by atoms with van der Waals surface area (Å²) in [7, 11) is 4.15. The van der Waals surface area contributed by atoms with Crippen LogP contribution in [0.15, 0.2) is 30.3 Å². The number of rotatable bonds is 18. The molecule has 0 atom stereocenters. The summed E-state index contributed by atoms with van der Waals surface area (Å²) in [4.78, 5) is 12.5. The molecule has 30 heavy (non-hydrogen) atoms. The second kappa shape index (κ2) is 22.3. The molecule has 0 aliphatic rings. The number of nitrogens with zero attached hydrogens (tertiary/aromatic N) is 1. The van der Waals surface area contributed by atoms with Crippen LogP contribution in [0.4, 0.5) is 0 Å². The summed E-state index contributed by atoms with van der Waals surface area (Å²) < 4.78 is 0. The normalized spacial score (nSPS) is 10.7. The number of hydrogen-bond donors (Lipinski definition) is 1. The summed E-state index contributed by atoms with van der Waals surface area (Å²) in [5, 5.41) is 8.52. The van der Waals surface area contributed by atoms with Crippen molar-refractivity contribution in [3.8, 4) is 0 Å². The fourth-order valence-corrected chi connectivity index (χ4v) is 3.60. The van der Waals surface area contributed by atoms with E-state index in [4.69, 9.17) is 5.11 Å². The number of unbranched alkanes of at least 4 members (excludes halogenated alkanes) is 14. The monoisotopic (exact) mass is 419 g/mol. The van der Waals surface area contributed by atoms with Gasteiger partial charge < -0.3 is 10.0 Å². The van der Waals surface area contributed by atoms with E-state index < -0.39 is 5.97 Å². The second-order valence-corrected chi connectivity index (χ2v) is 8.82. The maximum atomic E-state index is 10.3. The Kier molecular flexibility index (Phi) is 21.3. The quantitative estimate of drug-likeness (QED) is 0.244. The third-order valence-electron chi connectivity index (χ3n) is 5.34. The molecule has 3 nitrogen and oxygen atoms in total. The number of carboxylic acid groups (broad SMARTS) is 1. The molecule has 1 rings (SSSR count). The van der Waals surface area contributed by atoms with E-state index in [1.165, 1.54) is 89.0 Å². The predicted molar refractivity (Wildman–Crippen MR) is 131 cm³/mol. The lowest BCUT2D eigenvalue weighted by Gasteiger charge is -2.08. The van der Waals surface area contributed by atoms with E-state index in [1.54, 1.807) is 0 Å². The van der Waals surface area contributed by atoms with Crippen LogP contribution >= 0.6 is 0 Å². The molecule has 0 unspecified atom stereocenters. The van der Waals surface area contributed by atoms with Crippen LogP contribution < -0.4 is 0 Å². The second-order valence-electron chi connectivity index (χ2n) is 8.82. The first kappa shape index (κ1) is 28.6. The lowest BCUT2D eigenvalue weighted by atomic mass is 10.0. The lowest BCUT2D eigenvalue weighted by Crippen LogP contribution is -2.10. The van der Waals surface area contributed by atoms with Gasteiger partial charge in [0.05, 0.1) is 0 Å². The van der Waals surface area contributed by atoms with Crippen molar-refractivity contribution in [1.29, 1.82) is 0 Å². The minimum Gasteiger partial charge on any atom is -0.481 e. The number of aliphatic carboxylic acids is 1. The highest BCUT2D eigenvalue weighted by Crippen LogP contribution is 2.13. The lowest BCUT2D eigenvalue weighted by molar-refractivity contribution is -0.137. The van der Waals surface area contributed by atoms with Gasteiger partial charge in [-0.25, -0.2) is 0 Å². The van der Waals surface area contributed by atoms with E-state index in [0.29, 0.717) is 6.42 Å². The van der Waals surface area contributed by atoms with Gasteiger partial charge in [-0.2, -0.15) is 0 Å². The average Bonchev–Trinajstić information content (AvgIpc) is 2.71. The van der Waals surface area contributed by atoms with Gasteiger partial charge in [0.15, 0.2) is 0 Å². The Balaban J connectivity index is 0.000000696. The summed E-state index contributed by atoms with van der Waals surface area (Å²) in [6.07, 6.45) is 20.2. The molecule has 0 aromatic heterocycles. The molecule has 0 fully saturated rings. The van der Waals surface area contributed by atoms with Crippen LogP contribution in [0.25, 0.3) is 0 Å². The van der Waals surface area contributed by atoms with Crippen LogP contribution in [0, 0.1) is 0 Å². The maximum absolute atomic E-state index is 10.3. The summed E-state index contributed by atoms with van der Waals surface area (Å²) in [6.45, 7) is 3.30. The van der Waals surface area contributed by atoms with E-state index >= 15 is 0 Å². The first-order chi connectivity index (χ1) is 14.6. The topological polar surface area (TPSA) is 40.5 Å². The zero-order valence-corrected chi connectivity index (χ0v) is 20.2. The van der Waals surface area contributed by atoms with Crippen LogP contribution in [0.1, 0.15) is 115 Å². The standard InChI is InChI=1S/C18H36O2.C9H13N/c1-2-3-4-5-6-7-8-9-10-11-12-13-14-15-16-17-18(19)20;1-10(2)8-9-6-4-3-5-7-9/h2-17H2,1H3,(H,19,20);3-7H,8H2,1-2H3. The van der Waals surface area contributed by atoms with Crippen LogP contribution in [-0.2, 0) is 11.3 Å². The van der Waals surface area contributed by atoms with Gasteiger partial charge in [0.25, 0.3) is 0 Å². The zero-order chi connectivity index (χ0) is 22.3. The highest BCUT2D eigenvalue weighted by Gasteiger charge is 1.97. The van der Waals surface area contributed by atoms with Gasteiger partial charge in [0.1, 0.15) is 0 Å². The molecule has 0 saturated carbocycles. The van der Waals surface area contributed by atoms with E-state index in [2.05, 4.69) is 50.2 Å². The summed E-state index contributed by atoms with van der Waals surface area (Å²) >= 11 is 0. The van der Waals surface area contributed by atoms with Crippen molar-refractivity contribution in [2.45, 2.75) is 116 Å². The van der Waals surface area contributed by atoms with Crippen LogP contribution in [0.5, 0.6) is 0 Å². The Morgan fingerprint density at radius 2 is 1.10 bits per heavy atom. The number of carboxylic acids is 1. The van der Waals surface area contributed by atoms with Crippen molar-refractivity contribution in [3.63, 3.8) is 0 Å². The molecule has 174 valence electrons. The van der Waals surface area contributed by atoms with Gasteiger partial charge in [-0.15, -0.1) is 0 Å². The Morgan fingerprint density at radius 1 is 0.700 bits per heavy atom. The zero-order valence-electron chi connectivity index (χ0n) is 20.2. The highest BCUT2D eigenvalue weighted by molar-refractivity contribution is 5.66. The third-order valence-corrected chi connectivity index (χ3v) is 5.34. The van der Waals surface area contributed by atoms with Gasteiger partial charge in [-0.1, -0.05) is 127 Å². The smallest absolute Gasteiger partial charge is 0.303 e. The van der Waals surface area contributed by atoms with Gasteiger partial charge in [-0.3, -0.25) is 4.79 Å². The van der Waals surface area contributed by atoms with E-state index in [-0.39, 0.29) is 0 Å². The summed E-state index contributed by atoms with van der Waals surface area (Å²) in [5.74, 6) is -0.653. The number of hydrogen-bond acceptors (Lipinski definition) is 2. The molecule has 1 N–H and O–H groups in total. The van der Waals surface area contributed by atoms with E-state index in [0.717, 1.165) is 19.4 Å². The minimum absolute atomic E-state index is 0.345. The fraction of sp³-hybridized carbons (Fsp3) is 0.741. The molecule has 3 heteroatoms. The Morgan fingerprint density at radius 3 is 1.47 bits per heavy atom. The van der Waals surface area contributed by atoms with Crippen molar-refractivity contribution in [1.82, 2.24) is 4.90 Å². The third kappa shape index (κ3) is 22.9. The van der Waals surface area contributed by atoms with Gasteiger partial charge in [0, 0.05) is 13.0 Å². The number of benzene rings is 1. The molecular weight excluding hydrogens is 370 g/mol. The average molecular weight is 420 g/mol. The van der Waals surface area contributed by atoms with Crippen molar-refractivity contribution >= 4 is 5.97 Å². The van der Waals surface area contributed by atoms with Gasteiger partial charge >= 0.3 is 5.97 Å². The first-order valence-corrected chi connectivity index (χ1v) is 12.5. The van der Waals surface area contributed by atoms with E-state index in [9.17, 15) is 4.79 Å². The Hall–Kier alpha value is -1.35. The van der Waals surface area contributed by atoms with Crippen molar-refractivity contribution in [2.75, 3.05) is 14.1 Å².